The normalized spacial score (nSPS) is 23.0. The zero-order chi connectivity index (χ0) is 14.7. The molecule has 21 heavy (non-hydrogen) atoms. The van der Waals surface area contributed by atoms with E-state index in [0.717, 1.165) is 19.4 Å². The summed E-state index contributed by atoms with van der Waals surface area (Å²) in [7, 11) is 1.93. The lowest BCUT2D eigenvalue weighted by Gasteiger charge is -2.33. The summed E-state index contributed by atoms with van der Waals surface area (Å²) in [6.45, 7) is 7.29. The maximum atomic E-state index is 12.6. The van der Waals surface area contributed by atoms with Gasteiger partial charge in [0.05, 0.1) is 6.04 Å². The molecule has 1 aliphatic heterocycles. The maximum Gasteiger partial charge on any atom is 0.226 e. The Morgan fingerprint density at radius 3 is 2.52 bits per heavy atom. The molecule has 1 heterocycles. The molecule has 0 aromatic heterocycles. The third kappa shape index (κ3) is 4.45. The SMILES string of the molecule is Cc1ccc(C(C)N(C)C(=O)[C@H]2CCN[C@@H](C)C2)cc1.Cl. The second-order valence-electron chi connectivity index (χ2n) is 6.11. The van der Waals surface area contributed by atoms with Gasteiger partial charge in [-0.3, -0.25) is 4.79 Å². The number of carbonyl (C=O) groups is 1. The van der Waals surface area contributed by atoms with Crippen LogP contribution in [0.4, 0.5) is 0 Å². The van der Waals surface area contributed by atoms with Gasteiger partial charge in [-0.25, -0.2) is 0 Å². The molecule has 3 atom stereocenters. The summed E-state index contributed by atoms with van der Waals surface area (Å²) >= 11 is 0. The fraction of sp³-hybridized carbons (Fsp3) is 0.588. The minimum atomic E-state index is 0. The van der Waals surface area contributed by atoms with E-state index in [-0.39, 0.29) is 30.3 Å². The number of amides is 1. The molecule has 118 valence electrons. The molecule has 1 fully saturated rings. The Labute approximate surface area is 134 Å². The third-order valence-electron chi connectivity index (χ3n) is 4.46. The molecule has 0 spiro atoms. The smallest absolute Gasteiger partial charge is 0.226 e. The first-order valence-electron chi connectivity index (χ1n) is 7.55. The predicted molar refractivity (Wildman–Crippen MR) is 89.8 cm³/mol. The lowest BCUT2D eigenvalue weighted by molar-refractivity contribution is -0.137. The van der Waals surface area contributed by atoms with Crippen LogP contribution in [0.2, 0.25) is 0 Å². The second-order valence-corrected chi connectivity index (χ2v) is 6.11. The Kier molecular flexibility index (Phi) is 6.69. The molecule has 3 nitrogen and oxygen atoms in total. The third-order valence-corrected chi connectivity index (χ3v) is 4.46. The summed E-state index contributed by atoms with van der Waals surface area (Å²) in [6.07, 6.45) is 1.90. The molecular formula is C17H27ClN2O. The van der Waals surface area contributed by atoms with Crippen LogP contribution in [0.3, 0.4) is 0 Å². The van der Waals surface area contributed by atoms with Crippen molar-refractivity contribution in [3.05, 3.63) is 35.4 Å². The van der Waals surface area contributed by atoms with Crippen molar-refractivity contribution in [1.82, 2.24) is 10.2 Å². The van der Waals surface area contributed by atoms with Crippen molar-refractivity contribution in [3.63, 3.8) is 0 Å². The van der Waals surface area contributed by atoms with Gasteiger partial charge in [-0.05, 0) is 45.7 Å². The van der Waals surface area contributed by atoms with E-state index in [0.29, 0.717) is 6.04 Å². The number of nitrogens with one attached hydrogen (secondary N) is 1. The van der Waals surface area contributed by atoms with Crippen LogP contribution in [0.5, 0.6) is 0 Å². The monoisotopic (exact) mass is 310 g/mol. The first-order chi connectivity index (χ1) is 9.49. The molecule has 1 aliphatic rings. The molecule has 1 N–H and O–H groups in total. The predicted octanol–water partition coefficient (Wildman–Crippen LogP) is 3.32. The summed E-state index contributed by atoms with van der Waals surface area (Å²) in [5.74, 6) is 0.454. The van der Waals surface area contributed by atoms with Crippen molar-refractivity contribution in [2.24, 2.45) is 5.92 Å². The number of benzene rings is 1. The Morgan fingerprint density at radius 2 is 1.95 bits per heavy atom. The van der Waals surface area contributed by atoms with E-state index in [1.807, 2.05) is 11.9 Å². The van der Waals surface area contributed by atoms with E-state index in [4.69, 9.17) is 0 Å². The van der Waals surface area contributed by atoms with Crippen LogP contribution >= 0.6 is 12.4 Å². The number of halogens is 1. The fourth-order valence-corrected chi connectivity index (χ4v) is 2.90. The number of carbonyl (C=O) groups excluding carboxylic acids is 1. The maximum absolute atomic E-state index is 12.6. The lowest BCUT2D eigenvalue weighted by Crippen LogP contribution is -2.43. The number of hydrogen-bond donors (Lipinski definition) is 1. The largest absolute Gasteiger partial charge is 0.339 e. The lowest BCUT2D eigenvalue weighted by atomic mass is 9.91. The number of hydrogen-bond acceptors (Lipinski definition) is 2. The molecule has 1 amide bonds. The van der Waals surface area contributed by atoms with E-state index in [2.05, 4.69) is 50.4 Å². The number of aryl methyl sites for hydroxylation is 1. The average Bonchev–Trinajstić information content (AvgIpc) is 2.46. The van der Waals surface area contributed by atoms with Gasteiger partial charge in [0.2, 0.25) is 5.91 Å². The van der Waals surface area contributed by atoms with E-state index in [1.165, 1.54) is 11.1 Å². The minimum absolute atomic E-state index is 0. The molecule has 2 rings (SSSR count). The van der Waals surface area contributed by atoms with Gasteiger partial charge in [0.15, 0.2) is 0 Å². The van der Waals surface area contributed by atoms with Crippen LogP contribution in [-0.4, -0.2) is 30.4 Å². The van der Waals surface area contributed by atoms with Gasteiger partial charge >= 0.3 is 0 Å². The second kappa shape index (κ2) is 7.81. The molecule has 0 aliphatic carbocycles. The molecule has 0 bridgehead atoms. The Bertz CT molecular complexity index is 460. The summed E-state index contributed by atoms with van der Waals surface area (Å²) in [4.78, 5) is 14.5. The van der Waals surface area contributed by atoms with Crippen LogP contribution in [-0.2, 0) is 4.79 Å². The van der Waals surface area contributed by atoms with Crippen molar-refractivity contribution < 1.29 is 4.79 Å². The van der Waals surface area contributed by atoms with E-state index >= 15 is 0 Å². The van der Waals surface area contributed by atoms with E-state index in [9.17, 15) is 4.79 Å². The van der Waals surface area contributed by atoms with Crippen molar-refractivity contribution in [2.45, 2.75) is 45.7 Å². The number of rotatable bonds is 3. The molecule has 0 radical (unpaired) electrons. The first kappa shape index (κ1) is 18.0. The highest BCUT2D eigenvalue weighted by molar-refractivity contribution is 5.85. The van der Waals surface area contributed by atoms with Crippen molar-refractivity contribution in [1.29, 1.82) is 0 Å². The molecular weight excluding hydrogens is 284 g/mol. The van der Waals surface area contributed by atoms with Crippen LogP contribution in [0, 0.1) is 12.8 Å². The molecule has 4 heteroatoms. The highest BCUT2D eigenvalue weighted by Crippen LogP contribution is 2.25. The number of nitrogens with zero attached hydrogens (tertiary/aromatic N) is 1. The van der Waals surface area contributed by atoms with Crippen LogP contribution in [0.1, 0.15) is 43.9 Å². The quantitative estimate of drug-likeness (QED) is 0.929. The first-order valence-corrected chi connectivity index (χ1v) is 7.55. The van der Waals surface area contributed by atoms with E-state index in [1.54, 1.807) is 0 Å². The Morgan fingerprint density at radius 1 is 1.33 bits per heavy atom. The molecule has 0 saturated carbocycles. The van der Waals surface area contributed by atoms with Crippen LogP contribution in [0.25, 0.3) is 0 Å². The summed E-state index contributed by atoms with van der Waals surface area (Å²) < 4.78 is 0. The van der Waals surface area contributed by atoms with Crippen LogP contribution < -0.4 is 5.32 Å². The van der Waals surface area contributed by atoms with Crippen molar-refractivity contribution in [2.75, 3.05) is 13.6 Å². The van der Waals surface area contributed by atoms with Gasteiger partial charge in [-0.2, -0.15) is 0 Å². The highest BCUT2D eigenvalue weighted by atomic mass is 35.5. The topological polar surface area (TPSA) is 32.3 Å². The zero-order valence-corrected chi connectivity index (χ0v) is 14.2. The number of piperidine rings is 1. The summed E-state index contributed by atoms with van der Waals surface area (Å²) in [5, 5.41) is 3.40. The minimum Gasteiger partial charge on any atom is -0.339 e. The molecule has 1 unspecified atom stereocenters. The summed E-state index contributed by atoms with van der Waals surface area (Å²) in [6, 6.07) is 9.03. The fourth-order valence-electron chi connectivity index (χ4n) is 2.90. The van der Waals surface area contributed by atoms with Crippen LogP contribution in [0.15, 0.2) is 24.3 Å². The summed E-state index contributed by atoms with van der Waals surface area (Å²) in [5.41, 5.74) is 2.45. The van der Waals surface area contributed by atoms with Gasteiger partial charge in [-0.1, -0.05) is 29.8 Å². The van der Waals surface area contributed by atoms with Gasteiger partial charge in [0.25, 0.3) is 0 Å². The Balaban J connectivity index is 0.00000220. The van der Waals surface area contributed by atoms with Gasteiger partial charge < -0.3 is 10.2 Å². The Hall–Kier alpha value is -1.06. The zero-order valence-electron chi connectivity index (χ0n) is 13.4. The molecule has 1 saturated heterocycles. The molecule has 1 aromatic carbocycles. The average molecular weight is 311 g/mol. The standard InChI is InChI=1S/C17H26N2O.ClH/c1-12-5-7-15(8-6-12)14(3)19(4)17(20)16-9-10-18-13(2)11-16;/h5-8,13-14,16,18H,9-11H2,1-4H3;1H/t13-,14?,16-;/m0./s1. The highest BCUT2D eigenvalue weighted by Gasteiger charge is 2.29. The van der Waals surface area contributed by atoms with Crippen molar-refractivity contribution in [3.8, 4) is 0 Å². The van der Waals surface area contributed by atoms with E-state index < -0.39 is 0 Å². The van der Waals surface area contributed by atoms with Gasteiger partial charge in [0.1, 0.15) is 0 Å². The molecule has 1 aromatic rings. The van der Waals surface area contributed by atoms with Crippen molar-refractivity contribution >= 4 is 18.3 Å². The van der Waals surface area contributed by atoms with Gasteiger partial charge in [-0.15, -0.1) is 12.4 Å². The van der Waals surface area contributed by atoms with Gasteiger partial charge in [0, 0.05) is 19.0 Å².